The van der Waals surface area contributed by atoms with Crippen LogP contribution in [0.4, 0.5) is 5.69 Å². The summed E-state index contributed by atoms with van der Waals surface area (Å²) in [6.45, 7) is 18.3. The Kier molecular flexibility index (Phi) is 16.4. The fraction of sp³-hybridized carbons (Fsp3) is 0.407. The van der Waals surface area contributed by atoms with Gasteiger partial charge in [-0.3, -0.25) is 9.59 Å². The van der Waals surface area contributed by atoms with E-state index in [-0.39, 0.29) is 32.7 Å². The van der Waals surface area contributed by atoms with Gasteiger partial charge in [0.15, 0.2) is 22.2 Å². The summed E-state index contributed by atoms with van der Waals surface area (Å²) in [5.41, 5.74) is 5.50. The molecule has 0 amide bonds. The Morgan fingerprint density at radius 2 is 1.34 bits per heavy atom. The van der Waals surface area contributed by atoms with Crippen LogP contribution in [0.3, 0.4) is 0 Å². The first-order valence-corrected chi connectivity index (χ1v) is 33.2. The Labute approximate surface area is 406 Å². The minimum Gasteiger partial charge on any atom is -0.497 e. The Hall–Kier alpha value is -5.23. The lowest BCUT2D eigenvalue weighted by atomic mass is 9.81. The van der Waals surface area contributed by atoms with Crippen LogP contribution in [0.25, 0.3) is 28.0 Å². The normalized spacial score (nSPS) is 16.0. The molecule has 5 aromatic rings. The average molecular weight is 976 g/mol. The maximum Gasteiger partial charge on any atom is 0.311 e. The minimum absolute atomic E-state index is 0.0698. The third-order valence-electron chi connectivity index (χ3n) is 12.3. The summed E-state index contributed by atoms with van der Waals surface area (Å²) in [5, 5.41) is 1.74. The zero-order chi connectivity index (χ0) is 48.5. The second-order valence-electron chi connectivity index (χ2n) is 19.6. The van der Waals surface area contributed by atoms with Crippen LogP contribution in [0, 0.1) is 0 Å². The Morgan fingerprint density at radius 1 is 0.691 bits per heavy atom. The summed E-state index contributed by atoms with van der Waals surface area (Å²) in [6, 6.07) is 33.7. The summed E-state index contributed by atoms with van der Waals surface area (Å²) < 4.78 is 49.0. The van der Waals surface area contributed by atoms with Gasteiger partial charge in [-0.25, -0.2) is 0 Å². The summed E-state index contributed by atoms with van der Waals surface area (Å²) in [7, 11) is -2.53. The van der Waals surface area contributed by atoms with Gasteiger partial charge in [0.1, 0.15) is 30.5 Å². The molecule has 1 saturated heterocycles. The topological polar surface area (TPSA) is 111 Å². The van der Waals surface area contributed by atoms with E-state index in [1.54, 1.807) is 14.2 Å². The van der Waals surface area contributed by atoms with Crippen molar-refractivity contribution in [2.75, 3.05) is 52.0 Å². The molecular weight excluding hydrogens is 907 g/mol. The van der Waals surface area contributed by atoms with Crippen molar-refractivity contribution in [3.05, 3.63) is 125 Å². The molecule has 7 rings (SSSR count). The molecule has 1 atom stereocenters. The van der Waals surface area contributed by atoms with Crippen LogP contribution in [0.1, 0.15) is 54.4 Å². The maximum absolute atomic E-state index is 13.5. The number of hydrogen-bond acceptors (Lipinski definition) is 11. The van der Waals surface area contributed by atoms with Crippen LogP contribution in [0.5, 0.6) is 17.2 Å². The molecule has 2 aliphatic heterocycles. The van der Waals surface area contributed by atoms with Gasteiger partial charge in [0.2, 0.25) is 0 Å². The van der Waals surface area contributed by atoms with Crippen LogP contribution >= 0.6 is 0 Å². The van der Waals surface area contributed by atoms with E-state index in [0.717, 1.165) is 75.5 Å². The Morgan fingerprint density at radius 3 is 2.00 bits per heavy atom. The molecule has 2 aliphatic rings. The highest BCUT2D eigenvalue weighted by Gasteiger charge is 2.40. The lowest BCUT2D eigenvalue weighted by Crippen LogP contribution is -2.51. The first kappa shape index (κ1) is 50.6. The molecule has 0 aromatic heterocycles. The molecule has 1 unspecified atom stereocenters. The van der Waals surface area contributed by atoms with E-state index in [1.165, 1.54) is 18.5 Å². The standard InChI is InChI=1S/C54H69NO10Si3/c1-58-44-24-18-40(19-25-44)52-46-27-26-45(59-2)38-48(46)53-47(30-31-54(63-53,41-16-11-10-12-17-41)42-20-22-43(23-21-42)55-32-13-14-33-55)49(52)39-62-51(57)29-28-50(56)61-36-35-60-34-15-37-67(6,7)65-68(8,9)64-66(3,4)5/h10-12,16-27,30-31,38H,13-15,28-29,32-37,39H2,1-9H3. The number of benzene rings is 5. The second kappa shape index (κ2) is 22.0. The van der Waals surface area contributed by atoms with Gasteiger partial charge < -0.3 is 41.6 Å². The van der Waals surface area contributed by atoms with Gasteiger partial charge >= 0.3 is 20.5 Å². The van der Waals surface area contributed by atoms with Crippen LogP contribution in [0.15, 0.2) is 103 Å². The van der Waals surface area contributed by atoms with Crippen LogP contribution in [-0.4, -0.2) is 84.3 Å². The van der Waals surface area contributed by atoms with Gasteiger partial charge in [-0.05, 0) is 136 Å². The molecular formula is C54H69NO10Si3. The summed E-state index contributed by atoms with van der Waals surface area (Å²) in [4.78, 5) is 28.7. The molecule has 0 N–H and O–H groups in total. The van der Waals surface area contributed by atoms with E-state index in [0.29, 0.717) is 18.1 Å². The number of hydrogen-bond donors (Lipinski definition) is 0. The summed E-state index contributed by atoms with van der Waals surface area (Å²) in [5.74, 6) is 1.03. The number of esters is 2. The van der Waals surface area contributed by atoms with Crippen molar-refractivity contribution >= 4 is 59.7 Å². The molecule has 14 heteroatoms. The summed E-state index contributed by atoms with van der Waals surface area (Å²) >= 11 is 0. The highest BCUT2D eigenvalue weighted by molar-refractivity contribution is 6.87. The SMILES string of the molecule is COc1ccc(-c2c(COC(=O)CCC(=O)OCCOCCC[Si](C)(C)O[Si](C)(C)O[Si](C)(C)C)c3c(c4cc(OC)ccc24)OC(c2ccccc2)(c2ccc(N4CCCC4)cc2)C=C3)cc1. The largest absolute Gasteiger partial charge is 0.497 e. The fourth-order valence-corrected chi connectivity index (χ4v) is 22.7. The lowest BCUT2D eigenvalue weighted by Gasteiger charge is -2.38. The predicted octanol–water partition coefficient (Wildman–Crippen LogP) is 12.0. The third-order valence-corrected chi connectivity index (χ3v) is 22.4. The monoisotopic (exact) mass is 975 g/mol. The molecule has 68 heavy (non-hydrogen) atoms. The number of fused-ring (bicyclic) bond motifs is 3. The molecule has 1 fully saturated rings. The zero-order valence-electron chi connectivity index (χ0n) is 41.4. The van der Waals surface area contributed by atoms with E-state index in [1.807, 2.05) is 60.7 Å². The number of ether oxygens (including phenoxy) is 6. The third kappa shape index (κ3) is 12.7. The number of carbonyl (C=O) groups is 2. The zero-order valence-corrected chi connectivity index (χ0v) is 44.4. The molecule has 11 nitrogen and oxygen atoms in total. The van der Waals surface area contributed by atoms with Crippen LogP contribution < -0.4 is 19.1 Å². The van der Waals surface area contributed by atoms with E-state index in [2.05, 4.69) is 99.3 Å². The van der Waals surface area contributed by atoms with Crippen molar-refractivity contribution in [1.29, 1.82) is 0 Å². The second-order valence-corrected chi connectivity index (χ2v) is 32.3. The summed E-state index contributed by atoms with van der Waals surface area (Å²) in [6.07, 6.45) is 7.20. The molecule has 0 spiro atoms. The number of methoxy groups -OCH3 is 2. The van der Waals surface area contributed by atoms with Gasteiger partial charge in [-0.15, -0.1) is 0 Å². The molecule has 0 bridgehead atoms. The molecule has 0 saturated carbocycles. The van der Waals surface area contributed by atoms with Crippen LogP contribution in [-0.2, 0) is 44.2 Å². The van der Waals surface area contributed by atoms with Crippen molar-refractivity contribution in [3.8, 4) is 28.4 Å². The minimum atomic E-state index is -2.20. The molecule has 0 radical (unpaired) electrons. The number of carbonyl (C=O) groups excluding carboxylic acids is 2. The average Bonchev–Trinajstić information content (AvgIpc) is 3.86. The number of nitrogens with zero attached hydrogens (tertiary/aromatic N) is 1. The van der Waals surface area contributed by atoms with Crippen molar-refractivity contribution in [1.82, 2.24) is 0 Å². The van der Waals surface area contributed by atoms with E-state index >= 15 is 0 Å². The quantitative estimate of drug-likeness (QED) is 0.0375. The van der Waals surface area contributed by atoms with Crippen molar-refractivity contribution < 1.29 is 46.2 Å². The van der Waals surface area contributed by atoms with E-state index < -0.39 is 42.7 Å². The van der Waals surface area contributed by atoms with Gasteiger partial charge in [0.05, 0.1) is 33.7 Å². The van der Waals surface area contributed by atoms with E-state index in [9.17, 15) is 9.59 Å². The van der Waals surface area contributed by atoms with Gasteiger partial charge in [-0.1, -0.05) is 60.7 Å². The first-order chi connectivity index (χ1) is 32.5. The van der Waals surface area contributed by atoms with E-state index in [4.69, 9.17) is 36.7 Å². The lowest BCUT2D eigenvalue weighted by molar-refractivity contribution is -0.151. The number of anilines is 1. The van der Waals surface area contributed by atoms with Crippen molar-refractivity contribution in [3.63, 3.8) is 0 Å². The van der Waals surface area contributed by atoms with Crippen LogP contribution in [0.2, 0.25) is 51.9 Å². The van der Waals surface area contributed by atoms with Gasteiger partial charge in [-0.2, -0.15) is 0 Å². The molecule has 5 aromatic carbocycles. The maximum atomic E-state index is 13.5. The predicted molar refractivity (Wildman–Crippen MR) is 278 cm³/mol. The fourth-order valence-electron chi connectivity index (χ4n) is 9.50. The van der Waals surface area contributed by atoms with Gasteiger partial charge in [0, 0.05) is 53.0 Å². The van der Waals surface area contributed by atoms with Crippen molar-refractivity contribution in [2.24, 2.45) is 0 Å². The highest BCUT2D eigenvalue weighted by Crippen LogP contribution is 2.50. The molecule has 0 aliphatic carbocycles. The smallest absolute Gasteiger partial charge is 0.311 e. The Balaban J connectivity index is 1.07. The molecule has 2 heterocycles. The van der Waals surface area contributed by atoms with Gasteiger partial charge in [0.25, 0.3) is 0 Å². The first-order valence-electron chi connectivity index (χ1n) is 23.9. The van der Waals surface area contributed by atoms with Crippen molar-refractivity contribution in [2.45, 2.75) is 96.2 Å². The highest BCUT2D eigenvalue weighted by atomic mass is 28.5. The Bertz CT molecular complexity index is 2540. The molecule has 362 valence electrons. The number of rotatable bonds is 22.